The van der Waals surface area contributed by atoms with E-state index < -0.39 is 0 Å². The van der Waals surface area contributed by atoms with Gasteiger partial charge in [0.2, 0.25) is 0 Å². The zero-order valence-electron chi connectivity index (χ0n) is 12.0. The van der Waals surface area contributed by atoms with Crippen molar-refractivity contribution in [2.75, 3.05) is 0 Å². The SMILES string of the molecule is CCn1nccc1C(=O)N=c1sc2ccccc2n1CC. The first-order valence-electron chi connectivity index (χ1n) is 6.93. The van der Waals surface area contributed by atoms with E-state index in [1.807, 2.05) is 25.1 Å². The highest BCUT2D eigenvalue weighted by atomic mass is 32.1. The zero-order chi connectivity index (χ0) is 14.8. The molecule has 0 N–H and O–H groups in total. The molecule has 1 aromatic carbocycles. The molecular weight excluding hydrogens is 284 g/mol. The number of amides is 1. The van der Waals surface area contributed by atoms with Gasteiger partial charge in [0.1, 0.15) is 5.69 Å². The fourth-order valence-corrected chi connectivity index (χ4v) is 3.41. The second-order valence-corrected chi connectivity index (χ2v) is 5.55. The molecule has 108 valence electrons. The maximum Gasteiger partial charge on any atom is 0.297 e. The Kier molecular flexibility index (Phi) is 3.70. The Labute approximate surface area is 126 Å². The minimum atomic E-state index is -0.247. The van der Waals surface area contributed by atoms with Gasteiger partial charge in [0.25, 0.3) is 5.91 Å². The number of carbonyl (C=O) groups is 1. The van der Waals surface area contributed by atoms with Crippen molar-refractivity contribution >= 4 is 27.5 Å². The number of hydrogen-bond acceptors (Lipinski definition) is 3. The molecule has 5 nitrogen and oxygen atoms in total. The highest BCUT2D eigenvalue weighted by Crippen LogP contribution is 2.16. The Balaban J connectivity index is 2.13. The molecule has 6 heteroatoms. The molecule has 0 fully saturated rings. The molecule has 0 saturated heterocycles. The van der Waals surface area contributed by atoms with E-state index in [2.05, 4.69) is 27.6 Å². The van der Waals surface area contributed by atoms with Gasteiger partial charge >= 0.3 is 0 Å². The Morgan fingerprint density at radius 3 is 2.81 bits per heavy atom. The number of hydrogen-bond donors (Lipinski definition) is 0. The summed E-state index contributed by atoms with van der Waals surface area (Å²) in [6.45, 7) is 5.45. The lowest BCUT2D eigenvalue weighted by molar-refractivity contribution is 0.0987. The van der Waals surface area contributed by atoms with E-state index in [4.69, 9.17) is 0 Å². The van der Waals surface area contributed by atoms with Crippen LogP contribution in [-0.2, 0) is 13.1 Å². The summed E-state index contributed by atoms with van der Waals surface area (Å²) in [5.74, 6) is -0.247. The highest BCUT2D eigenvalue weighted by Gasteiger charge is 2.11. The molecular formula is C15H16N4OS. The average Bonchev–Trinajstić information content (AvgIpc) is 3.10. The summed E-state index contributed by atoms with van der Waals surface area (Å²) in [4.78, 5) is 17.4. The number of para-hydroxylation sites is 1. The molecule has 0 aliphatic rings. The van der Waals surface area contributed by atoms with Crippen LogP contribution >= 0.6 is 11.3 Å². The molecule has 2 aromatic heterocycles. The molecule has 3 rings (SSSR count). The first-order valence-corrected chi connectivity index (χ1v) is 7.75. The number of fused-ring (bicyclic) bond motifs is 1. The van der Waals surface area contributed by atoms with Crippen LogP contribution in [-0.4, -0.2) is 20.3 Å². The molecule has 0 saturated carbocycles. The van der Waals surface area contributed by atoms with Crippen LogP contribution in [0.25, 0.3) is 10.2 Å². The lowest BCUT2D eigenvalue weighted by Crippen LogP contribution is -2.17. The van der Waals surface area contributed by atoms with E-state index in [0.717, 1.165) is 21.6 Å². The Hall–Kier alpha value is -2.21. The molecule has 0 aliphatic heterocycles. The summed E-state index contributed by atoms with van der Waals surface area (Å²) in [6, 6.07) is 9.80. The molecule has 0 spiro atoms. The Morgan fingerprint density at radius 1 is 1.24 bits per heavy atom. The smallest absolute Gasteiger partial charge is 0.297 e. The van der Waals surface area contributed by atoms with Gasteiger partial charge in [0, 0.05) is 19.3 Å². The first kappa shape index (κ1) is 13.8. The van der Waals surface area contributed by atoms with Crippen LogP contribution in [0.2, 0.25) is 0 Å². The molecule has 3 aromatic rings. The summed E-state index contributed by atoms with van der Waals surface area (Å²) in [5, 5.41) is 4.12. The van der Waals surface area contributed by atoms with Crippen LogP contribution in [0, 0.1) is 0 Å². The quantitative estimate of drug-likeness (QED) is 0.746. The summed E-state index contributed by atoms with van der Waals surface area (Å²) >= 11 is 1.53. The molecule has 0 aliphatic carbocycles. The van der Waals surface area contributed by atoms with Crippen molar-refractivity contribution < 1.29 is 4.79 Å². The van der Waals surface area contributed by atoms with Gasteiger partial charge in [-0.2, -0.15) is 10.1 Å². The summed E-state index contributed by atoms with van der Waals surface area (Å²) in [7, 11) is 0. The lowest BCUT2D eigenvalue weighted by Gasteiger charge is -2.01. The van der Waals surface area contributed by atoms with Crippen molar-refractivity contribution in [1.82, 2.24) is 14.3 Å². The number of carbonyl (C=O) groups excluding carboxylic acids is 1. The van der Waals surface area contributed by atoms with Crippen LogP contribution in [0.1, 0.15) is 24.3 Å². The summed E-state index contributed by atoms with van der Waals surface area (Å²) in [5.41, 5.74) is 1.64. The van der Waals surface area contributed by atoms with Gasteiger partial charge in [0.15, 0.2) is 4.80 Å². The highest BCUT2D eigenvalue weighted by molar-refractivity contribution is 7.16. The van der Waals surface area contributed by atoms with Crippen LogP contribution in [0.15, 0.2) is 41.5 Å². The van der Waals surface area contributed by atoms with Crippen molar-refractivity contribution in [1.29, 1.82) is 0 Å². The molecule has 0 bridgehead atoms. The normalized spacial score (nSPS) is 12.2. The molecule has 0 atom stereocenters. The van der Waals surface area contributed by atoms with E-state index in [1.54, 1.807) is 16.9 Å². The van der Waals surface area contributed by atoms with Crippen molar-refractivity contribution in [2.24, 2.45) is 4.99 Å². The summed E-state index contributed by atoms with van der Waals surface area (Å²) in [6.07, 6.45) is 1.63. The topological polar surface area (TPSA) is 52.2 Å². The lowest BCUT2D eigenvalue weighted by atomic mass is 10.3. The van der Waals surface area contributed by atoms with Crippen LogP contribution in [0.3, 0.4) is 0 Å². The monoisotopic (exact) mass is 300 g/mol. The van der Waals surface area contributed by atoms with E-state index in [0.29, 0.717) is 12.2 Å². The minimum absolute atomic E-state index is 0.247. The summed E-state index contributed by atoms with van der Waals surface area (Å²) < 4.78 is 4.86. The van der Waals surface area contributed by atoms with Gasteiger partial charge in [-0.25, -0.2) is 0 Å². The maximum absolute atomic E-state index is 12.4. The van der Waals surface area contributed by atoms with Gasteiger partial charge in [0.05, 0.1) is 10.2 Å². The Bertz CT molecular complexity index is 856. The van der Waals surface area contributed by atoms with Crippen LogP contribution in [0.5, 0.6) is 0 Å². The number of nitrogens with zero attached hydrogens (tertiary/aromatic N) is 4. The van der Waals surface area contributed by atoms with Crippen molar-refractivity contribution in [3.63, 3.8) is 0 Å². The van der Waals surface area contributed by atoms with E-state index in [1.165, 1.54) is 11.3 Å². The predicted octanol–water partition coefficient (Wildman–Crippen LogP) is 2.68. The van der Waals surface area contributed by atoms with Gasteiger partial charge < -0.3 is 4.57 Å². The fourth-order valence-electron chi connectivity index (χ4n) is 2.32. The largest absolute Gasteiger partial charge is 0.317 e. The standard InChI is InChI=1S/C15H16N4OS/c1-3-18-11-7-5-6-8-13(11)21-15(18)17-14(20)12-9-10-16-19(12)4-2/h5-10H,3-4H2,1-2H3. The number of rotatable bonds is 3. The molecule has 1 amide bonds. The third kappa shape index (κ3) is 2.42. The second kappa shape index (κ2) is 5.65. The van der Waals surface area contributed by atoms with Gasteiger partial charge in [-0.05, 0) is 32.0 Å². The second-order valence-electron chi connectivity index (χ2n) is 4.55. The van der Waals surface area contributed by atoms with Crippen LogP contribution < -0.4 is 4.80 Å². The third-order valence-corrected chi connectivity index (χ3v) is 4.40. The number of benzene rings is 1. The van der Waals surface area contributed by atoms with Crippen molar-refractivity contribution in [3.8, 4) is 0 Å². The number of aryl methyl sites for hydroxylation is 2. The van der Waals surface area contributed by atoms with Gasteiger partial charge in [-0.3, -0.25) is 9.48 Å². The minimum Gasteiger partial charge on any atom is -0.317 e. The maximum atomic E-state index is 12.4. The first-order chi connectivity index (χ1) is 10.2. The van der Waals surface area contributed by atoms with Gasteiger partial charge in [-0.15, -0.1) is 0 Å². The number of aromatic nitrogens is 3. The van der Waals surface area contributed by atoms with E-state index >= 15 is 0 Å². The van der Waals surface area contributed by atoms with E-state index in [-0.39, 0.29) is 5.91 Å². The van der Waals surface area contributed by atoms with E-state index in [9.17, 15) is 4.79 Å². The average molecular weight is 300 g/mol. The molecule has 2 heterocycles. The molecule has 0 radical (unpaired) electrons. The van der Waals surface area contributed by atoms with Crippen molar-refractivity contribution in [3.05, 3.63) is 47.0 Å². The third-order valence-electron chi connectivity index (χ3n) is 3.34. The fraction of sp³-hybridized carbons (Fsp3) is 0.267. The molecule has 0 unspecified atom stereocenters. The molecule has 21 heavy (non-hydrogen) atoms. The Morgan fingerprint density at radius 2 is 2.05 bits per heavy atom. The predicted molar refractivity (Wildman–Crippen MR) is 83.3 cm³/mol. The van der Waals surface area contributed by atoms with Crippen LogP contribution in [0.4, 0.5) is 0 Å². The van der Waals surface area contributed by atoms with Gasteiger partial charge in [-0.1, -0.05) is 23.5 Å². The van der Waals surface area contributed by atoms with Crippen molar-refractivity contribution in [2.45, 2.75) is 26.9 Å². The zero-order valence-corrected chi connectivity index (χ0v) is 12.8. The number of thiazole rings is 1.